The van der Waals surface area contributed by atoms with Gasteiger partial charge in [0.2, 0.25) is 0 Å². The van der Waals surface area contributed by atoms with Gasteiger partial charge in [-0.3, -0.25) is 0 Å². The third-order valence-corrected chi connectivity index (χ3v) is 4.38. The van der Waals surface area contributed by atoms with Gasteiger partial charge in [0, 0.05) is 30.5 Å². The monoisotopic (exact) mass is 313 g/mol. The van der Waals surface area contributed by atoms with E-state index in [-0.39, 0.29) is 0 Å². The highest BCUT2D eigenvalue weighted by atomic mass is 16.5. The van der Waals surface area contributed by atoms with E-state index in [4.69, 9.17) is 9.47 Å². The second kappa shape index (κ2) is 6.46. The Morgan fingerprint density at radius 1 is 1.13 bits per heavy atom. The summed E-state index contributed by atoms with van der Waals surface area (Å²) in [5.74, 6) is 2.47. The molecule has 2 heterocycles. The van der Waals surface area contributed by atoms with E-state index in [2.05, 4.69) is 41.0 Å². The molecule has 0 fully saturated rings. The number of methoxy groups -OCH3 is 2. The van der Waals surface area contributed by atoms with Crippen LogP contribution < -0.4 is 14.4 Å². The van der Waals surface area contributed by atoms with Crippen molar-refractivity contribution in [3.05, 3.63) is 42.1 Å². The van der Waals surface area contributed by atoms with E-state index in [1.54, 1.807) is 14.2 Å². The quantitative estimate of drug-likeness (QED) is 0.867. The van der Waals surface area contributed by atoms with Crippen LogP contribution in [0, 0.1) is 0 Å². The number of fused-ring (bicyclic) bond motifs is 1. The van der Waals surface area contributed by atoms with Crippen LogP contribution in [0.15, 0.2) is 36.5 Å². The van der Waals surface area contributed by atoms with Crippen LogP contribution in [-0.2, 0) is 6.42 Å². The van der Waals surface area contributed by atoms with E-state index in [0.29, 0.717) is 6.04 Å². The molecule has 122 valence electrons. The van der Waals surface area contributed by atoms with Crippen LogP contribution in [0.5, 0.6) is 11.5 Å². The summed E-state index contributed by atoms with van der Waals surface area (Å²) < 4.78 is 10.9. The fraction of sp³-hybridized carbons (Fsp3) is 0.389. The smallest absolute Gasteiger partial charge is 0.162 e. The molecule has 1 aromatic heterocycles. The topological polar surface area (TPSA) is 37.8 Å². The molecule has 0 N–H and O–H groups in total. The Balaban J connectivity index is 2.11. The average Bonchev–Trinajstić information content (AvgIpc) is 2.60. The number of rotatable bonds is 4. The zero-order valence-electron chi connectivity index (χ0n) is 14.1. The fourth-order valence-corrected chi connectivity index (χ4v) is 3.03. The number of nitrogens with zero attached hydrogens (tertiary/aromatic N) is 3. The number of pyridine rings is 1. The van der Waals surface area contributed by atoms with Crippen molar-refractivity contribution >= 4 is 11.5 Å². The molecule has 0 radical (unpaired) electrons. The lowest BCUT2D eigenvalue weighted by Crippen LogP contribution is -2.44. The minimum Gasteiger partial charge on any atom is -0.493 e. The maximum Gasteiger partial charge on any atom is 0.162 e. The van der Waals surface area contributed by atoms with Gasteiger partial charge in [0.05, 0.1) is 14.2 Å². The minimum atomic E-state index is 0.419. The van der Waals surface area contributed by atoms with E-state index in [1.165, 1.54) is 5.56 Å². The molecule has 5 heteroatoms. The molecule has 0 spiro atoms. The van der Waals surface area contributed by atoms with Crippen molar-refractivity contribution in [3.8, 4) is 11.5 Å². The number of hydrogen-bond acceptors (Lipinski definition) is 5. The lowest BCUT2D eigenvalue weighted by atomic mass is 9.96. The van der Waals surface area contributed by atoms with E-state index < -0.39 is 0 Å². The second-order valence-corrected chi connectivity index (χ2v) is 5.96. The van der Waals surface area contributed by atoms with Crippen LogP contribution in [0.1, 0.15) is 5.56 Å². The van der Waals surface area contributed by atoms with Gasteiger partial charge in [0.15, 0.2) is 11.5 Å². The summed E-state index contributed by atoms with van der Waals surface area (Å²) >= 11 is 0. The molecule has 5 nitrogen and oxygen atoms in total. The molecule has 0 aliphatic carbocycles. The van der Waals surface area contributed by atoms with Crippen molar-refractivity contribution in [1.82, 2.24) is 9.88 Å². The molecule has 3 rings (SSSR count). The predicted molar refractivity (Wildman–Crippen MR) is 92.0 cm³/mol. The SMILES string of the molecule is COc1cc2c(cc1OC)N(c1ccccn1)CC(N(C)C)C2. The van der Waals surface area contributed by atoms with Crippen LogP contribution in [-0.4, -0.2) is 50.8 Å². The van der Waals surface area contributed by atoms with Crippen molar-refractivity contribution < 1.29 is 9.47 Å². The normalized spacial score (nSPS) is 17.1. The lowest BCUT2D eigenvalue weighted by Gasteiger charge is -2.38. The molecule has 23 heavy (non-hydrogen) atoms. The summed E-state index contributed by atoms with van der Waals surface area (Å²) in [6.45, 7) is 0.895. The molecule has 0 saturated carbocycles. The molecule has 0 amide bonds. The van der Waals surface area contributed by atoms with Gasteiger partial charge in [-0.2, -0.15) is 0 Å². The maximum atomic E-state index is 5.48. The summed E-state index contributed by atoms with van der Waals surface area (Å²) in [7, 11) is 7.58. The molecule has 0 saturated heterocycles. The van der Waals surface area contributed by atoms with Gasteiger partial charge >= 0.3 is 0 Å². The Hall–Kier alpha value is -2.27. The van der Waals surface area contributed by atoms with Gasteiger partial charge in [0.25, 0.3) is 0 Å². The van der Waals surface area contributed by atoms with Crippen molar-refractivity contribution in [2.24, 2.45) is 0 Å². The molecule has 2 aromatic rings. The zero-order valence-corrected chi connectivity index (χ0v) is 14.1. The van der Waals surface area contributed by atoms with Crippen molar-refractivity contribution in [2.75, 3.05) is 39.8 Å². The lowest BCUT2D eigenvalue weighted by molar-refractivity contribution is 0.290. The molecule has 1 aliphatic heterocycles. The Kier molecular flexibility index (Phi) is 4.39. The van der Waals surface area contributed by atoms with Crippen LogP contribution in [0.2, 0.25) is 0 Å². The van der Waals surface area contributed by atoms with Crippen molar-refractivity contribution in [2.45, 2.75) is 12.5 Å². The summed E-state index contributed by atoms with van der Waals surface area (Å²) in [5.41, 5.74) is 2.39. The number of anilines is 2. The first-order valence-electron chi connectivity index (χ1n) is 7.74. The second-order valence-electron chi connectivity index (χ2n) is 5.96. The van der Waals surface area contributed by atoms with Crippen molar-refractivity contribution in [3.63, 3.8) is 0 Å². The van der Waals surface area contributed by atoms with Crippen LogP contribution >= 0.6 is 0 Å². The third kappa shape index (κ3) is 2.97. The first kappa shape index (κ1) is 15.6. The van der Waals surface area contributed by atoms with Crippen LogP contribution in [0.25, 0.3) is 0 Å². The number of aromatic nitrogens is 1. The average molecular weight is 313 g/mol. The molecule has 1 unspecified atom stereocenters. The zero-order chi connectivity index (χ0) is 16.4. The molecular weight excluding hydrogens is 290 g/mol. The van der Waals surface area contributed by atoms with Gasteiger partial charge in [-0.05, 0) is 44.3 Å². The van der Waals surface area contributed by atoms with Crippen molar-refractivity contribution in [1.29, 1.82) is 0 Å². The van der Waals surface area contributed by atoms with Gasteiger partial charge < -0.3 is 19.3 Å². The number of likely N-dealkylation sites (N-methyl/N-ethyl adjacent to an activating group) is 1. The summed E-state index contributed by atoms with van der Waals surface area (Å²) in [4.78, 5) is 9.04. The van der Waals surface area contributed by atoms with Crippen LogP contribution in [0.3, 0.4) is 0 Å². The third-order valence-electron chi connectivity index (χ3n) is 4.38. The molecule has 1 aliphatic rings. The highest BCUT2D eigenvalue weighted by Gasteiger charge is 2.29. The predicted octanol–water partition coefficient (Wildman–Crippen LogP) is 2.72. The molecule has 1 aromatic carbocycles. The number of ether oxygens (including phenoxy) is 2. The Morgan fingerprint density at radius 3 is 2.48 bits per heavy atom. The number of benzene rings is 1. The highest BCUT2D eigenvalue weighted by molar-refractivity contribution is 5.70. The first-order chi connectivity index (χ1) is 11.1. The standard InChI is InChI=1S/C18H23N3O2/c1-20(2)14-9-13-10-16(22-3)17(23-4)11-15(13)21(12-14)18-7-5-6-8-19-18/h5-8,10-11,14H,9,12H2,1-4H3. The number of hydrogen-bond donors (Lipinski definition) is 0. The Morgan fingerprint density at radius 2 is 1.87 bits per heavy atom. The van der Waals surface area contributed by atoms with Gasteiger partial charge in [-0.25, -0.2) is 4.98 Å². The Labute approximate surface area is 137 Å². The summed E-state index contributed by atoms with van der Waals surface area (Å²) in [6.07, 6.45) is 2.81. The summed E-state index contributed by atoms with van der Waals surface area (Å²) in [6, 6.07) is 10.5. The van der Waals surface area contributed by atoms with E-state index in [0.717, 1.165) is 36.0 Å². The molecule has 1 atom stereocenters. The van der Waals surface area contributed by atoms with E-state index >= 15 is 0 Å². The van der Waals surface area contributed by atoms with Gasteiger partial charge in [-0.1, -0.05) is 6.07 Å². The Bertz CT molecular complexity index is 673. The van der Waals surface area contributed by atoms with Gasteiger partial charge in [0.1, 0.15) is 5.82 Å². The summed E-state index contributed by atoms with van der Waals surface area (Å²) in [5, 5.41) is 0. The molecular formula is C18H23N3O2. The first-order valence-corrected chi connectivity index (χ1v) is 7.74. The highest BCUT2D eigenvalue weighted by Crippen LogP contribution is 2.40. The largest absolute Gasteiger partial charge is 0.493 e. The van der Waals surface area contributed by atoms with E-state index in [9.17, 15) is 0 Å². The van der Waals surface area contributed by atoms with Gasteiger partial charge in [-0.15, -0.1) is 0 Å². The minimum absolute atomic E-state index is 0.419. The maximum absolute atomic E-state index is 5.48. The van der Waals surface area contributed by atoms with Crippen LogP contribution in [0.4, 0.5) is 11.5 Å². The molecule has 0 bridgehead atoms. The van der Waals surface area contributed by atoms with E-state index in [1.807, 2.05) is 24.4 Å². The fourth-order valence-electron chi connectivity index (χ4n) is 3.03.